The van der Waals surface area contributed by atoms with Gasteiger partial charge in [-0.15, -0.1) is 0 Å². The van der Waals surface area contributed by atoms with Gasteiger partial charge in [0.2, 0.25) is 0 Å². The predicted octanol–water partition coefficient (Wildman–Crippen LogP) is 3.95. The summed E-state index contributed by atoms with van der Waals surface area (Å²) in [4.78, 5) is 15.6. The van der Waals surface area contributed by atoms with E-state index in [2.05, 4.69) is 4.98 Å². The maximum absolute atomic E-state index is 13.4. The van der Waals surface area contributed by atoms with E-state index < -0.39 is 11.6 Å². The van der Waals surface area contributed by atoms with Crippen LogP contribution in [0.4, 0.5) is 4.39 Å². The summed E-state index contributed by atoms with van der Waals surface area (Å²) < 4.78 is 13.4. The number of ketones is 1. The number of hydrogen-bond acceptors (Lipinski definition) is 2. The second-order valence-corrected chi connectivity index (χ2v) is 4.50. The molecular weight excluding hydrogens is 276 g/mol. The van der Waals surface area contributed by atoms with Gasteiger partial charge in [0, 0.05) is 12.6 Å². The van der Waals surface area contributed by atoms with Crippen molar-refractivity contribution in [3.63, 3.8) is 0 Å². The van der Waals surface area contributed by atoms with Gasteiger partial charge in [0.25, 0.3) is 0 Å². The topological polar surface area (TPSA) is 30.0 Å². The number of carbonyl (C=O) groups is 1. The van der Waals surface area contributed by atoms with Gasteiger partial charge >= 0.3 is 0 Å². The van der Waals surface area contributed by atoms with E-state index in [4.69, 9.17) is 23.2 Å². The number of benzene rings is 1. The number of halogens is 3. The Balaban J connectivity index is 2.22. The van der Waals surface area contributed by atoms with Crippen molar-refractivity contribution in [2.75, 3.05) is 0 Å². The lowest BCUT2D eigenvalue weighted by Gasteiger charge is -2.03. The zero-order valence-electron chi connectivity index (χ0n) is 9.16. The molecule has 0 aliphatic carbocycles. The zero-order chi connectivity index (χ0) is 13.1. The van der Waals surface area contributed by atoms with Crippen LogP contribution in [-0.2, 0) is 6.42 Å². The SMILES string of the molecule is O=C(Cc1ccc(Cl)c(Cl)c1)c1ncccc1F. The van der Waals surface area contributed by atoms with Crippen LogP contribution in [0.2, 0.25) is 10.0 Å². The monoisotopic (exact) mass is 283 g/mol. The van der Waals surface area contributed by atoms with Gasteiger partial charge in [-0.25, -0.2) is 4.39 Å². The lowest BCUT2D eigenvalue weighted by atomic mass is 10.1. The molecule has 1 heterocycles. The lowest BCUT2D eigenvalue weighted by molar-refractivity contribution is 0.0984. The molecule has 0 saturated heterocycles. The quantitative estimate of drug-likeness (QED) is 0.799. The summed E-state index contributed by atoms with van der Waals surface area (Å²) in [6.45, 7) is 0. The highest BCUT2D eigenvalue weighted by Crippen LogP contribution is 2.23. The first-order chi connectivity index (χ1) is 8.58. The van der Waals surface area contributed by atoms with Crippen molar-refractivity contribution in [2.24, 2.45) is 0 Å². The van der Waals surface area contributed by atoms with Gasteiger partial charge in [-0.1, -0.05) is 29.3 Å². The molecule has 0 aliphatic heterocycles. The number of nitrogens with zero attached hydrogens (tertiary/aromatic N) is 1. The molecule has 0 radical (unpaired) electrons. The number of carbonyl (C=O) groups excluding carboxylic acids is 1. The first kappa shape index (κ1) is 13.0. The summed E-state index contributed by atoms with van der Waals surface area (Å²) in [6, 6.07) is 7.50. The molecule has 5 heteroatoms. The summed E-state index contributed by atoms with van der Waals surface area (Å²) in [5.74, 6) is -1.02. The minimum absolute atomic E-state index is 0.0326. The third kappa shape index (κ3) is 2.86. The zero-order valence-corrected chi connectivity index (χ0v) is 10.7. The Labute approximate surface area is 113 Å². The maximum atomic E-state index is 13.4. The summed E-state index contributed by atoms with van der Waals surface area (Å²) in [7, 11) is 0. The molecule has 0 fully saturated rings. The molecule has 0 bridgehead atoms. The lowest BCUT2D eigenvalue weighted by Crippen LogP contribution is -2.08. The molecule has 2 nitrogen and oxygen atoms in total. The molecule has 0 N–H and O–H groups in total. The van der Waals surface area contributed by atoms with Crippen molar-refractivity contribution in [1.82, 2.24) is 4.98 Å². The van der Waals surface area contributed by atoms with E-state index in [0.29, 0.717) is 15.6 Å². The van der Waals surface area contributed by atoms with E-state index in [0.717, 1.165) is 0 Å². The first-order valence-electron chi connectivity index (χ1n) is 5.15. The highest BCUT2D eigenvalue weighted by molar-refractivity contribution is 6.42. The molecule has 0 unspecified atom stereocenters. The van der Waals surface area contributed by atoms with Crippen LogP contribution < -0.4 is 0 Å². The van der Waals surface area contributed by atoms with Gasteiger partial charge in [-0.05, 0) is 29.8 Å². The Bertz CT molecular complexity index is 601. The molecule has 0 aliphatic rings. The molecule has 2 rings (SSSR count). The highest BCUT2D eigenvalue weighted by atomic mass is 35.5. The number of rotatable bonds is 3. The largest absolute Gasteiger partial charge is 0.292 e. The van der Waals surface area contributed by atoms with E-state index in [1.54, 1.807) is 18.2 Å². The molecule has 2 aromatic rings. The summed E-state index contributed by atoms with van der Waals surface area (Å²) in [5.41, 5.74) is 0.503. The summed E-state index contributed by atoms with van der Waals surface area (Å²) in [6.07, 6.45) is 1.41. The smallest absolute Gasteiger partial charge is 0.188 e. The standard InChI is InChI=1S/C13H8Cl2FNO/c14-9-4-3-8(6-10(9)15)7-12(18)13-11(16)2-1-5-17-13/h1-6H,7H2. The third-order valence-electron chi connectivity index (χ3n) is 2.37. The predicted molar refractivity (Wildman–Crippen MR) is 68.7 cm³/mol. The minimum Gasteiger partial charge on any atom is -0.292 e. The Morgan fingerprint density at radius 2 is 2.00 bits per heavy atom. The Kier molecular flexibility index (Phi) is 3.94. The molecule has 0 atom stereocenters. The Morgan fingerprint density at radius 1 is 1.22 bits per heavy atom. The van der Waals surface area contributed by atoms with E-state index >= 15 is 0 Å². The van der Waals surface area contributed by atoms with Crippen LogP contribution >= 0.6 is 23.2 Å². The number of Topliss-reactive ketones (excluding diaryl/α,β-unsaturated/α-hetero) is 1. The van der Waals surface area contributed by atoms with Crippen molar-refractivity contribution < 1.29 is 9.18 Å². The van der Waals surface area contributed by atoms with Crippen LogP contribution in [0, 0.1) is 5.82 Å². The molecule has 1 aromatic carbocycles. The molecule has 0 spiro atoms. The second-order valence-electron chi connectivity index (χ2n) is 3.68. The fourth-order valence-corrected chi connectivity index (χ4v) is 1.83. The fraction of sp³-hybridized carbons (Fsp3) is 0.0769. The molecule has 0 saturated carbocycles. The van der Waals surface area contributed by atoms with Crippen LogP contribution in [-0.4, -0.2) is 10.8 Å². The van der Waals surface area contributed by atoms with Crippen LogP contribution in [0.5, 0.6) is 0 Å². The number of aromatic nitrogens is 1. The van der Waals surface area contributed by atoms with E-state index in [1.165, 1.54) is 18.3 Å². The van der Waals surface area contributed by atoms with Crippen LogP contribution in [0.1, 0.15) is 16.1 Å². The molecule has 0 amide bonds. The van der Waals surface area contributed by atoms with Crippen molar-refractivity contribution in [2.45, 2.75) is 6.42 Å². The highest BCUT2D eigenvalue weighted by Gasteiger charge is 2.13. The van der Waals surface area contributed by atoms with Gasteiger partial charge in [0.1, 0.15) is 5.69 Å². The maximum Gasteiger partial charge on any atom is 0.188 e. The van der Waals surface area contributed by atoms with Gasteiger partial charge in [0.05, 0.1) is 10.0 Å². The second kappa shape index (κ2) is 5.46. The van der Waals surface area contributed by atoms with Crippen molar-refractivity contribution >= 4 is 29.0 Å². The van der Waals surface area contributed by atoms with Crippen molar-refractivity contribution in [1.29, 1.82) is 0 Å². The van der Waals surface area contributed by atoms with Gasteiger partial charge in [-0.2, -0.15) is 0 Å². The van der Waals surface area contributed by atoms with Gasteiger partial charge in [0.15, 0.2) is 11.6 Å². The average Bonchev–Trinajstić information content (AvgIpc) is 2.34. The molecule has 1 aromatic heterocycles. The minimum atomic E-state index is -0.623. The Hall–Kier alpha value is -1.45. The van der Waals surface area contributed by atoms with E-state index in [-0.39, 0.29) is 12.1 Å². The van der Waals surface area contributed by atoms with Crippen LogP contribution in [0.25, 0.3) is 0 Å². The first-order valence-corrected chi connectivity index (χ1v) is 5.91. The Morgan fingerprint density at radius 3 is 2.67 bits per heavy atom. The van der Waals surface area contributed by atoms with Gasteiger partial charge in [-0.3, -0.25) is 9.78 Å². The molecule has 18 heavy (non-hydrogen) atoms. The number of pyridine rings is 1. The van der Waals surface area contributed by atoms with Crippen LogP contribution in [0.15, 0.2) is 36.5 Å². The summed E-state index contributed by atoms with van der Waals surface area (Å²) >= 11 is 11.6. The van der Waals surface area contributed by atoms with Crippen molar-refractivity contribution in [3.8, 4) is 0 Å². The fourth-order valence-electron chi connectivity index (χ4n) is 1.51. The summed E-state index contributed by atoms with van der Waals surface area (Å²) in [5, 5.41) is 0.778. The van der Waals surface area contributed by atoms with E-state index in [9.17, 15) is 9.18 Å². The number of hydrogen-bond donors (Lipinski definition) is 0. The average molecular weight is 284 g/mol. The van der Waals surface area contributed by atoms with E-state index in [1.807, 2.05) is 0 Å². The third-order valence-corrected chi connectivity index (χ3v) is 3.11. The molecule has 92 valence electrons. The van der Waals surface area contributed by atoms with Gasteiger partial charge < -0.3 is 0 Å². The normalized spacial score (nSPS) is 10.4. The van der Waals surface area contributed by atoms with Crippen molar-refractivity contribution in [3.05, 3.63) is 63.6 Å². The van der Waals surface area contributed by atoms with Crippen LogP contribution in [0.3, 0.4) is 0 Å². The molecular formula is C13H8Cl2FNO.